The van der Waals surface area contributed by atoms with Crippen molar-refractivity contribution in [3.8, 4) is 17.0 Å². The van der Waals surface area contributed by atoms with Gasteiger partial charge in [0, 0.05) is 49.6 Å². The van der Waals surface area contributed by atoms with E-state index < -0.39 is 15.8 Å². The van der Waals surface area contributed by atoms with Crippen LogP contribution in [-0.4, -0.2) is 74.9 Å². The number of hydrogen-bond donors (Lipinski definition) is 2. The van der Waals surface area contributed by atoms with E-state index in [9.17, 15) is 13.2 Å². The van der Waals surface area contributed by atoms with Gasteiger partial charge in [0.05, 0.1) is 31.4 Å². The van der Waals surface area contributed by atoms with E-state index in [2.05, 4.69) is 14.7 Å². The number of sulfonamides is 1. The van der Waals surface area contributed by atoms with Crippen molar-refractivity contribution in [2.45, 2.75) is 36.4 Å². The van der Waals surface area contributed by atoms with Crippen LogP contribution < -0.4 is 15.2 Å². The summed E-state index contributed by atoms with van der Waals surface area (Å²) in [6, 6.07) is 8.75. The van der Waals surface area contributed by atoms with Crippen molar-refractivity contribution >= 4 is 32.7 Å². The molecular formula is C27H31N5O6S. The molecule has 2 aliphatic heterocycles. The molecule has 3 aromatic rings. The first-order valence-electron chi connectivity index (χ1n) is 13.1. The van der Waals surface area contributed by atoms with Crippen molar-refractivity contribution in [3.05, 3.63) is 42.1 Å². The molecule has 1 aliphatic carbocycles. The summed E-state index contributed by atoms with van der Waals surface area (Å²) in [5.41, 5.74) is 8.46. The first kappa shape index (κ1) is 25.9. The zero-order chi connectivity index (χ0) is 27.2. The highest BCUT2D eigenvalue weighted by atomic mass is 32.2. The minimum absolute atomic E-state index is 0.0207. The number of amides is 1. The maximum absolute atomic E-state index is 13.4. The summed E-state index contributed by atoms with van der Waals surface area (Å²) < 4.78 is 45.5. The number of benzene rings is 1. The van der Waals surface area contributed by atoms with E-state index in [0.717, 1.165) is 18.4 Å². The van der Waals surface area contributed by atoms with Crippen LogP contribution in [0.25, 0.3) is 22.0 Å². The molecule has 3 aliphatic rings. The van der Waals surface area contributed by atoms with Crippen molar-refractivity contribution < 1.29 is 27.4 Å². The fraction of sp³-hybridized carbons (Fsp3) is 0.444. The molecule has 0 unspecified atom stereocenters. The van der Waals surface area contributed by atoms with Gasteiger partial charge in [-0.15, -0.1) is 0 Å². The van der Waals surface area contributed by atoms with Crippen LogP contribution in [0.2, 0.25) is 0 Å². The van der Waals surface area contributed by atoms with Gasteiger partial charge in [0.2, 0.25) is 15.9 Å². The Hall–Kier alpha value is -3.32. The molecule has 1 aromatic carbocycles. The number of carbonyl (C=O) groups excluding carboxylic acids is 1. The Morgan fingerprint density at radius 3 is 2.59 bits per heavy atom. The van der Waals surface area contributed by atoms with Crippen LogP contribution in [0.5, 0.6) is 5.88 Å². The number of hydrogen-bond acceptors (Lipinski definition) is 9. The van der Waals surface area contributed by atoms with Gasteiger partial charge < -0.3 is 24.8 Å². The Balaban J connectivity index is 1.28. The maximum Gasteiger partial charge on any atom is 0.257 e. The zero-order valence-electron chi connectivity index (χ0n) is 21.7. The summed E-state index contributed by atoms with van der Waals surface area (Å²) in [4.78, 5) is 23.8. The van der Waals surface area contributed by atoms with Gasteiger partial charge in [-0.05, 0) is 48.6 Å². The van der Waals surface area contributed by atoms with Gasteiger partial charge in [-0.2, -0.15) is 0 Å². The number of pyridine rings is 2. The summed E-state index contributed by atoms with van der Waals surface area (Å²) in [6.45, 7) is 2.55. The number of anilines is 1. The summed E-state index contributed by atoms with van der Waals surface area (Å²) >= 11 is 0. The van der Waals surface area contributed by atoms with E-state index >= 15 is 0 Å². The fourth-order valence-electron chi connectivity index (χ4n) is 5.11. The number of methoxy groups -OCH3 is 1. The van der Waals surface area contributed by atoms with E-state index in [1.165, 1.54) is 7.11 Å². The maximum atomic E-state index is 13.4. The van der Waals surface area contributed by atoms with Crippen molar-refractivity contribution in [2.24, 2.45) is 5.92 Å². The van der Waals surface area contributed by atoms with Crippen LogP contribution >= 0.6 is 0 Å². The highest BCUT2D eigenvalue weighted by Gasteiger charge is 2.41. The topological polar surface area (TPSA) is 146 Å². The molecule has 6 rings (SSSR count). The van der Waals surface area contributed by atoms with Crippen LogP contribution in [0.4, 0.5) is 5.82 Å². The molecule has 1 spiro atoms. The highest BCUT2D eigenvalue weighted by molar-refractivity contribution is 7.89. The first-order valence-corrected chi connectivity index (χ1v) is 14.6. The largest absolute Gasteiger partial charge is 0.480 e. The average molecular weight is 554 g/mol. The monoisotopic (exact) mass is 553 g/mol. The number of nitrogens with one attached hydrogen (secondary N) is 1. The number of fused-ring (bicyclic) bond motifs is 1. The number of nitrogens with two attached hydrogens (primary N) is 1. The lowest BCUT2D eigenvalue weighted by Crippen LogP contribution is -2.47. The zero-order valence-corrected chi connectivity index (χ0v) is 22.5. The van der Waals surface area contributed by atoms with Crippen molar-refractivity contribution in [1.29, 1.82) is 0 Å². The molecule has 3 N–H and O–H groups in total. The summed E-state index contributed by atoms with van der Waals surface area (Å²) in [6.07, 6.45) is 4.83. The Morgan fingerprint density at radius 2 is 1.90 bits per heavy atom. The van der Waals surface area contributed by atoms with E-state index in [4.69, 9.17) is 19.9 Å². The summed E-state index contributed by atoms with van der Waals surface area (Å²) in [5, 5.41) is 0.702. The van der Waals surface area contributed by atoms with Crippen LogP contribution in [0, 0.1) is 5.92 Å². The molecule has 1 saturated carbocycles. The molecule has 4 heterocycles. The molecule has 3 fully saturated rings. The molecular weight excluding hydrogens is 522 g/mol. The number of ether oxygens (including phenoxy) is 3. The summed E-state index contributed by atoms with van der Waals surface area (Å²) in [7, 11) is -2.42. The Labute approximate surface area is 226 Å². The Kier molecular flexibility index (Phi) is 6.66. The number of nitrogen functional groups attached to an aromatic ring is 1. The van der Waals surface area contributed by atoms with Gasteiger partial charge in [-0.3, -0.25) is 4.79 Å². The lowest BCUT2D eigenvalue weighted by atomic mass is 10.0. The van der Waals surface area contributed by atoms with E-state index in [0.29, 0.717) is 73.6 Å². The molecule has 11 nitrogen and oxygen atoms in total. The third-order valence-corrected chi connectivity index (χ3v) is 9.01. The average Bonchev–Trinajstić information content (AvgIpc) is 3.68. The molecule has 206 valence electrons. The van der Waals surface area contributed by atoms with Crippen LogP contribution in [0.3, 0.4) is 0 Å². The molecule has 0 radical (unpaired) electrons. The van der Waals surface area contributed by atoms with Gasteiger partial charge in [0.1, 0.15) is 10.7 Å². The van der Waals surface area contributed by atoms with Crippen molar-refractivity contribution in [1.82, 2.24) is 19.6 Å². The number of carbonyl (C=O) groups is 1. The van der Waals surface area contributed by atoms with Gasteiger partial charge in [-0.1, -0.05) is 6.07 Å². The number of rotatable bonds is 7. The van der Waals surface area contributed by atoms with Gasteiger partial charge in [0.25, 0.3) is 5.91 Å². The van der Waals surface area contributed by atoms with Crippen LogP contribution in [0.1, 0.15) is 36.0 Å². The minimum atomic E-state index is -3.81. The standard InChI is InChI=1S/C27H31N5O6S/c1-36-25-23(39(34,35)30-15-17-2-3-17)14-20(16-29-25)18-4-5-22-19(12-18)13-21(24(28)31-22)26(33)32-8-6-27(7-9-32)37-10-11-38-27/h4-5,12-14,16-17,30H,2-3,6-11,15H2,1H3,(H2,28,31). The van der Waals surface area contributed by atoms with Gasteiger partial charge >= 0.3 is 0 Å². The molecule has 1 amide bonds. The lowest BCUT2D eigenvalue weighted by molar-refractivity contribution is -0.181. The van der Waals surface area contributed by atoms with Crippen LogP contribution in [0.15, 0.2) is 41.4 Å². The lowest BCUT2D eigenvalue weighted by Gasteiger charge is -2.37. The van der Waals surface area contributed by atoms with Crippen LogP contribution in [-0.2, 0) is 19.5 Å². The second-order valence-corrected chi connectivity index (χ2v) is 12.0. The molecule has 12 heteroatoms. The molecule has 2 saturated heterocycles. The molecule has 2 aromatic heterocycles. The highest BCUT2D eigenvalue weighted by Crippen LogP contribution is 2.34. The Morgan fingerprint density at radius 1 is 1.15 bits per heavy atom. The number of aromatic nitrogens is 2. The van der Waals surface area contributed by atoms with Crippen molar-refractivity contribution in [2.75, 3.05) is 45.7 Å². The van der Waals surface area contributed by atoms with E-state index in [1.54, 1.807) is 29.3 Å². The number of likely N-dealkylation sites (tertiary alicyclic amines) is 1. The van der Waals surface area contributed by atoms with Gasteiger partial charge in [-0.25, -0.2) is 23.1 Å². The fourth-order valence-corrected chi connectivity index (χ4v) is 6.37. The quantitative estimate of drug-likeness (QED) is 0.451. The predicted octanol–water partition coefficient (Wildman–Crippen LogP) is 2.56. The summed E-state index contributed by atoms with van der Waals surface area (Å²) in [5.74, 6) is -0.196. The Bertz CT molecular complexity index is 1530. The SMILES string of the molecule is COc1ncc(-c2ccc3nc(N)c(C(=O)N4CCC5(CC4)OCCO5)cc3c2)cc1S(=O)(=O)NCC1CC1. The van der Waals surface area contributed by atoms with E-state index in [1.807, 2.05) is 12.1 Å². The van der Waals surface area contributed by atoms with Crippen molar-refractivity contribution in [3.63, 3.8) is 0 Å². The third-order valence-electron chi connectivity index (χ3n) is 7.59. The van der Waals surface area contributed by atoms with E-state index in [-0.39, 0.29) is 22.5 Å². The minimum Gasteiger partial charge on any atom is -0.480 e. The smallest absolute Gasteiger partial charge is 0.257 e. The first-order chi connectivity index (χ1) is 18.8. The molecule has 39 heavy (non-hydrogen) atoms. The number of piperidine rings is 1. The second-order valence-electron chi connectivity index (χ2n) is 10.3. The molecule has 0 bridgehead atoms. The normalized spacial score (nSPS) is 19.1. The predicted molar refractivity (Wildman–Crippen MR) is 144 cm³/mol. The third kappa shape index (κ3) is 5.17. The van der Waals surface area contributed by atoms with Gasteiger partial charge in [0.15, 0.2) is 5.79 Å². The number of nitrogens with zero attached hydrogens (tertiary/aromatic N) is 3. The second kappa shape index (κ2) is 10.0. The molecule has 0 atom stereocenters.